The molecule has 1 atom stereocenters. The molecule has 1 aromatic heterocycles. The van der Waals surface area contributed by atoms with Gasteiger partial charge < -0.3 is 53.2 Å². The molecule has 38 heteroatoms. The van der Waals surface area contributed by atoms with Gasteiger partial charge in [0, 0.05) is 66.6 Å². The molecule has 80 heavy (non-hydrogen) atoms. The van der Waals surface area contributed by atoms with Gasteiger partial charge >= 0.3 is 308 Å². The minimum atomic E-state index is -5.92. The van der Waals surface area contributed by atoms with Crippen LogP contribution in [0.4, 0.5) is 5.69 Å². The average Bonchev–Trinajstić information content (AvgIpc) is 3.85. The van der Waals surface area contributed by atoms with E-state index in [0.717, 1.165) is 18.2 Å². The number of aromatic amines is 1. The van der Waals surface area contributed by atoms with E-state index in [2.05, 4.69) is 9.17 Å². The number of benzene rings is 7. The third-order valence-electron chi connectivity index (χ3n) is 12.0. The summed E-state index contributed by atoms with van der Waals surface area (Å²) in [5, 5.41) is -2.09. The Morgan fingerprint density at radius 2 is 1.07 bits per heavy atom. The summed E-state index contributed by atoms with van der Waals surface area (Å²) in [5.74, 6) is -3.94. The van der Waals surface area contributed by atoms with Crippen LogP contribution in [0.5, 0.6) is 28.7 Å². The monoisotopic (exact) mass is 1360 g/mol. The van der Waals surface area contributed by atoms with E-state index < -0.39 is 153 Å². The first-order valence-corrected chi connectivity index (χ1v) is 28.4. The van der Waals surface area contributed by atoms with Gasteiger partial charge in [-0.2, -0.15) is 0 Å². The van der Waals surface area contributed by atoms with E-state index in [9.17, 15) is 77.8 Å². The van der Waals surface area contributed by atoms with Gasteiger partial charge in [0.1, 0.15) is 11.9 Å². The molecule has 3 aliphatic rings. The SMILES string of the molecule is O=S(=O)([O-])Oc1ccc2cc3c4c(ccc3cc2c1)-c1c(c2c(OS(=O)(=O)[O-])c3c(c(OS(=O)(=O)[O-])c2c2[nH]c5c(c12)C(OS(=O)(=O)[O-])Cc1c-5c(OS(=O)(=O)[O-])c2ccccc2c1OS(=O)(=O)[O-])CC=CC=3)=N4.[K+].[K+].[K+].[K+].[K+].[K+]. The topological polar surface area (TPSA) is 427 Å². The molecule has 0 radical (unpaired) electrons. The Bertz CT molecular complexity index is 4880. The predicted molar refractivity (Wildman–Crippen MR) is 246 cm³/mol. The Kier molecular flexibility index (Phi) is 24.7. The molecule has 384 valence electrons. The van der Waals surface area contributed by atoms with Gasteiger partial charge in [0.2, 0.25) is 10.4 Å². The van der Waals surface area contributed by atoms with Gasteiger partial charge in [-0.05, 0) is 46.8 Å². The largest absolute Gasteiger partial charge is 1.00 e. The second kappa shape index (κ2) is 26.9. The molecule has 0 saturated carbocycles. The van der Waals surface area contributed by atoms with Crippen molar-refractivity contribution in [1.82, 2.24) is 4.98 Å². The number of rotatable bonds is 12. The van der Waals surface area contributed by atoms with Crippen LogP contribution in [0.3, 0.4) is 0 Å². The summed E-state index contributed by atoms with van der Waals surface area (Å²) in [6, 6.07) is 14.3. The first-order chi connectivity index (χ1) is 34.4. The molecule has 0 bridgehead atoms. The van der Waals surface area contributed by atoms with Crippen LogP contribution in [0.15, 0.2) is 83.9 Å². The zero-order chi connectivity index (χ0) is 53.0. The predicted octanol–water partition coefficient (Wildman–Crippen LogP) is -15.4. The van der Waals surface area contributed by atoms with E-state index in [1.807, 2.05) is 0 Å². The third kappa shape index (κ3) is 15.1. The van der Waals surface area contributed by atoms with Crippen LogP contribution < -0.4 is 340 Å². The molecule has 1 N–H and O–H groups in total. The molecule has 8 aromatic rings. The Labute approximate surface area is 708 Å². The van der Waals surface area contributed by atoms with Crippen molar-refractivity contribution in [3.8, 4) is 51.1 Å². The molecule has 2 heterocycles. The summed E-state index contributed by atoms with van der Waals surface area (Å²) in [4.78, 5) is 7.70. The Balaban J connectivity index is 0.00000196. The molecule has 1 aliphatic heterocycles. The zero-order valence-corrected chi connectivity index (χ0v) is 65.4. The number of allylic oxidation sites excluding steroid dienone is 2. The van der Waals surface area contributed by atoms with E-state index in [4.69, 9.17) is 25.9 Å². The maximum absolute atomic E-state index is 12.8. The fourth-order valence-electron chi connectivity index (χ4n) is 9.87. The summed E-state index contributed by atoms with van der Waals surface area (Å²) in [7, 11) is -34.6. The molecular formula is C42H20K6N2O24S6. The maximum Gasteiger partial charge on any atom is 1.00 e. The Morgan fingerprint density at radius 3 is 1.68 bits per heavy atom. The maximum atomic E-state index is 12.8. The van der Waals surface area contributed by atoms with Crippen molar-refractivity contribution in [2.45, 2.75) is 18.9 Å². The smallest absolute Gasteiger partial charge is 0.726 e. The fraction of sp³-hybridized carbons (Fsp3) is 0.0714. The summed E-state index contributed by atoms with van der Waals surface area (Å²) in [6.07, 6.45) is 0.211. The molecule has 0 fully saturated rings. The van der Waals surface area contributed by atoms with Gasteiger partial charge in [-0.25, -0.2) is 55.5 Å². The van der Waals surface area contributed by atoms with Crippen molar-refractivity contribution in [2.75, 3.05) is 0 Å². The second-order valence-electron chi connectivity index (χ2n) is 16.4. The van der Waals surface area contributed by atoms with E-state index >= 15 is 0 Å². The molecule has 0 amide bonds. The van der Waals surface area contributed by atoms with Crippen LogP contribution in [0, 0.1) is 0 Å². The quantitative estimate of drug-likeness (QED) is 0.0513. The van der Waals surface area contributed by atoms with Gasteiger partial charge in [-0.15, -0.1) is 0 Å². The summed E-state index contributed by atoms with van der Waals surface area (Å²) >= 11 is 0. The van der Waals surface area contributed by atoms with Crippen LogP contribution in [0.1, 0.15) is 22.8 Å². The van der Waals surface area contributed by atoms with Crippen LogP contribution in [-0.2, 0) is 79.4 Å². The van der Waals surface area contributed by atoms with E-state index in [0.29, 0.717) is 16.2 Å². The number of hydrogen-bond acceptors (Lipinski definition) is 25. The Hall–Kier alpha value is 2.77. The second-order valence-corrected chi connectivity index (χ2v) is 22.3. The standard InChI is InChI=1S/C42H26N2O24S6.6K/c45-69(46,47)63-20-11-9-17-15-26-18(13-19(17)14-20)10-12-25-29-32-31-28(64-70(48,49)50)16-27-30(40(66-72(54,55)56)22-6-2-1-5-21(22)39(27)65-71(51,52)53)37(31)44-38(32)34-33(36(29)43-35(25)26)41(67-73(57,58)59)23-7-3-4-8-24(23)42(34)68-74(60,61)62;;;;;;/h1-7,9-15,28,44H,8,16H2,(H,45,46,47)(H,48,49,50)(H,51,52,53)(H,54,55,56)(H,57,58,59)(H,60,61,62);;;;;;/q;6*+1/p-6. The molecule has 0 spiro atoms. The summed E-state index contributed by atoms with van der Waals surface area (Å²) in [6.45, 7) is 0. The average molecular weight is 1360 g/mol. The fourth-order valence-corrected chi connectivity index (χ4v) is 12.2. The normalized spacial score (nSPS) is 14.3. The molecule has 11 rings (SSSR count). The molecule has 26 nitrogen and oxygen atoms in total. The Morgan fingerprint density at radius 1 is 0.512 bits per heavy atom. The molecule has 7 aromatic carbocycles. The number of aromatic nitrogens is 1. The summed E-state index contributed by atoms with van der Waals surface area (Å²) < 4.78 is 254. The van der Waals surface area contributed by atoms with Crippen LogP contribution >= 0.6 is 0 Å². The number of nitrogens with one attached hydrogen (secondary N) is 1. The third-order valence-corrected chi connectivity index (χ3v) is 14.4. The molecule has 1 unspecified atom stereocenters. The van der Waals surface area contributed by atoms with Gasteiger partial charge in [-0.1, -0.05) is 60.7 Å². The first-order valence-electron chi connectivity index (χ1n) is 20.4. The van der Waals surface area contributed by atoms with Crippen molar-refractivity contribution in [2.24, 2.45) is 4.99 Å². The van der Waals surface area contributed by atoms with Crippen molar-refractivity contribution in [3.63, 3.8) is 0 Å². The number of fused-ring (bicyclic) bond motifs is 17. The summed E-state index contributed by atoms with van der Waals surface area (Å²) in [5.41, 5.74) is -3.57. The van der Waals surface area contributed by atoms with Gasteiger partial charge in [0.15, 0.2) is 23.0 Å². The van der Waals surface area contributed by atoms with Crippen LogP contribution in [0.2, 0.25) is 0 Å². The van der Waals surface area contributed by atoms with Crippen LogP contribution in [0.25, 0.3) is 82.5 Å². The minimum absolute atomic E-state index is 0. The van der Waals surface area contributed by atoms with Gasteiger partial charge in [0.05, 0.1) is 33.0 Å². The van der Waals surface area contributed by atoms with Gasteiger partial charge in [0.25, 0.3) is 52.0 Å². The molecular weight excluding hydrogens is 1340 g/mol. The molecule has 0 saturated heterocycles. The van der Waals surface area contributed by atoms with Crippen molar-refractivity contribution >= 4 is 128 Å². The van der Waals surface area contributed by atoms with Gasteiger partial charge in [-0.3, -0.25) is 4.18 Å². The minimum Gasteiger partial charge on any atom is -0.726 e. The van der Waals surface area contributed by atoms with Crippen molar-refractivity contribution < 1.29 is 411 Å². The van der Waals surface area contributed by atoms with Crippen LogP contribution in [-0.4, -0.2) is 82.8 Å². The number of H-pyrrole nitrogens is 1. The van der Waals surface area contributed by atoms with Crippen molar-refractivity contribution in [1.29, 1.82) is 0 Å². The molecule has 2 aliphatic carbocycles. The zero-order valence-electron chi connectivity index (χ0n) is 41.8. The number of hydrogen-bond donors (Lipinski definition) is 1. The van der Waals surface area contributed by atoms with E-state index in [-0.39, 0.29) is 359 Å². The number of nitrogens with zero attached hydrogens (tertiary/aromatic N) is 1. The first kappa shape index (κ1) is 73.5. The van der Waals surface area contributed by atoms with E-state index in [1.165, 1.54) is 66.8 Å². The van der Waals surface area contributed by atoms with Crippen molar-refractivity contribution in [3.05, 3.63) is 106 Å². The van der Waals surface area contributed by atoms with E-state index in [1.54, 1.807) is 0 Å².